The van der Waals surface area contributed by atoms with Crippen molar-refractivity contribution < 1.29 is 13.6 Å². The smallest absolute Gasteiger partial charge is 0.291 e. The summed E-state index contributed by atoms with van der Waals surface area (Å²) < 4.78 is 18.7. The summed E-state index contributed by atoms with van der Waals surface area (Å²) in [4.78, 5) is 25.7. The first-order valence-corrected chi connectivity index (χ1v) is 7.84. The maximum absolute atomic E-state index is 13.2. The van der Waals surface area contributed by atoms with Crippen molar-refractivity contribution in [3.05, 3.63) is 47.2 Å². The third-order valence-corrected chi connectivity index (χ3v) is 3.86. The number of oxazole rings is 1. The number of nitrogens with zero attached hydrogens (tertiary/aromatic N) is 3. The highest BCUT2D eigenvalue weighted by Gasteiger charge is 2.20. The number of carbonyl (C=O) groups excluding carboxylic acids is 1. The number of aryl methyl sites for hydroxylation is 2. The lowest BCUT2D eigenvalue weighted by Crippen LogP contribution is -2.29. The minimum atomic E-state index is -0.308. The minimum absolute atomic E-state index is 0.207. The molecule has 2 heterocycles. The highest BCUT2D eigenvalue weighted by Crippen LogP contribution is 2.15. The molecule has 0 atom stereocenters. The van der Waals surface area contributed by atoms with Crippen molar-refractivity contribution in [1.29, 1.82) is 0 Å². The Hall–Kier alpha value is -2.70. The Bertz CT molecular complexity index is 884. The number of imidazole rings is 1. The fourth-order valence-electron chi connectivity index (χ4n) is 2.50. The fourth-order valence-corrected chi connectivity index (χ4v) is 2.50. The van der Waals surface area contributed by atoms with Crippen molar-refractivity contribution in [2.24, 2.45) is 0 Å². The van der Waals surface area contributed by atoms with E-state index in [1.54, 1.807) is 24.9 Å². The van der Waals surface area contributed by atoms with E-state index in [0.717, 1.165) is 0 Å². The first kappa shape index (κ1) is 16.2. The molecule has 6 nitrogen and oxygen atoms in total. The number of hydrogen-bond acceptors (Lipinski definition) is 4. The van der Waals surface area contributed by atoms with Crippen molar-refractivity contribution in [3.63, 3.8) is 0 Å². The summed E-state index contributed by atoms with van der Waals surface area (Å²) in [6, 6.07) is 4.41. The standard InChI is InChI=1S/C17H19FN4O2/c1-4-15-19-10(2)16(24-15)17(23)22(3)8-7-14-20-12-6-5-11(18)9-13(12)21-14/h5-6,9H,4,7-8H2,1-3H3,(H,20,21). The normalized spacial score (nSPS) is 11.2. The van der Waals surface area contributed by atoms with E-state index in [4.69, 9.17) is 4.42 Å². The van der Waals surface area contributed by atoms with E-state index in [-0.39, 0.29) is 17.5 Å². The average molecular weight is 330 g/mol. The van der Waals surface area contributed by atoms with Crippen LogP contribution in [0.15, 0.2) is 22.6 Å². The molecule has 3 aromatic rings. The molecule has 0 spiro atoms. The van der Waals surface area contributed by atoms with Gasteiger partial charge in [0.1, 0.15) is 11.6 Å². The van der Waals surface area contributed by atoms with Gasteiger partial charge in [-0.3, -0.25) is 4.79 Å². The van der Waals surface area contributed by atoms with E-state index in [1.165, 1.54) is 12.1 Å². The molecule has 0 saturated heterocycles. The van der Waals surface area contributed by atoms with Gasteiger partial charge in [0.25, 0.3) is 5.91 Å². The molecule has 0 aliphatic heterocycles. The largest absolute Gasteiger partial charge is 0.435 e. The molecule has 1 N–H and O–H groups in total. The van der Waals surface area contributed by atoms with E-state index in [0.29, 0.717) is 47.8 Å². The van der Waals surface area contributed by atoms with Gasteiger partial charge in [-0.05, 0) is 25.1 Å². The molecule has 1 amide bonds. The Balaban J connectivity index is 1.68. The van der Waals surface area contributed by atoms with Gasteiger partial charge in [0, 0.05) is 26.4 Å². The number of rotatable bonds is 5. The fraction of sp³-hybridized carbons (Fsp3) is 0.353. The molecule has 3 rings (SSSR count). The van der Waals surface area contributed by atoms with Crippen LogP contribution in [0.5, 0.6) is 0 Å². The van der Waals surface area contributed by atoms with E-state index in [2.05, 4.69) is 15.0 Å². The maximum atomic E-state index is 13.2. The number of aromatic nitrogens is 3. The van der Waals surface area contributed by atoms with E-state index in [9.17, 15) is 9.18 Å². The number of fused-ring (bicyclic) bond motifs is 1. The number of hydrogen-bond donors (Lipinski definition) is 1. The SMILES string of the molecule is CCc1nc(C)c(C(=O)N(C)CCc2nc3ccc(F)cc3[nH]2)o1. The van der Waals surface area contributed by atoms with E-state index in [1.807, 2.05) is 6.92 Å². The number of halogens is 1. The second-order valence-electron chi connectivity index (χ2n) is 5.70. The van der Waals surface area contributed by atoms with Gasteiger partial charge in [0.2, 0.25) is 5.76 Å². The van der Waals surface area contributed by atoms with E-state index >= 15 is 0 Å². The molecule has 2 aromatic heterocycles. The molecule has 1 aromatic carbocycles. The third kappa shape index (κ3) is 3.15. The first-order valence-electron chi connectivity index (χ1n) is 7.84. The summed E-state index contributed by atoms with van der Waals surface area (Å²) in [5, 5.41) is 0. The van der Waals surface area contributed by atoms with Crippen LogP contribution >= 0.6 is 0 Å². The number of carbonyl (C=O) groups is 1. The number of H-pyrrole nitrogens is 1. The van der Waals surface area contributed by atoms with Gasteiger partial charge >= 0.3 is 0 Å². The van der Waals surface area contributed by atoms with Crippen LogP contribution in [0.25, 0.3) is 11.0 Å². The van der Waals surface area contributed by atoms with Crippen LogP contribution in [-0.2, 0) is 12.8 Å². The van der Waals surface area contributed by atoms with Gasteiger partial charge < -0.3 is 14.3 Å². The number of amides is 1. The van der Waals surface area contributed by atoms with Gasteiger partial charge in [0.15, 0.2) is 5.89 Å². The topological polar surface area (TPSA) is 75.0 Å². The van der Waals surface area contributed by atoms with Crippen LogP contribution in [-0.4, -0.2) is 39.4 Å². The minimum Gasteiger partial charge on any atom is -0.435 e. The Morgan fingerprint density at radius 2 is 2.17 bits per heavy atom. The van der Waals surface area contributed by atoms with Crippen LogP contribution in [0.4, 0.5) is 4.39 Å². The van der Waals surface area contributed by atoms with Crippen molar-refractivity contribution in [2.75, 3.05) is 13.6 Å². The molecule has 0 radical (unpaired) electrons. The predicted octanol–water partition coefficient (Wildman–Crippen LogP) is 2.88. The van der Waals surface area contributed by atoms with E-state index < -0.39 is 0 Å². The van der Waals surface area contributed by atoms with Gasteiger partial charge in [0.05, 0.1) is 16.7 Å². The van der Waals surface area contributed by atoms with Crippen LogP contribution in [0, 0.1) is 12.7 Å². The highest BCUT2D eigenvalue weighted by molar-refractivity contribution is 5.92. The molecule has 0 fully saturated rings. The Morgan fingerprint density at radius 1 is 1.38 bits per heavy atom. The van der Waals surface area contributed by atoms with Crippen molar-refractivity contribution >= 4 is 16.9 Å². The molecular weight excluding hydrogens is 311 g/mol. The predicted molar refractivity (Wildman–Crippen MR) is 87.3 cm³/mol. The summed E-state index contributed by atoms with van der Waals surface area (Å²) in [5.41, 5.74) is 1.96. The quantitative estimate of drug-likeness (QED) is 0.780. The molecule has 0 aliphatic carbocycles. The Labute approximate surface area is 138 Å². The zero-order chi connectivity index (χ0) is 17.3. The van der Waals surface area contributed by atoms with Crippen LogP contribution in [0.1, 0.15) is 34.9 Å². The van der Waals surface area contributed by atoms with Crippen LogP contribution < -0.4 is 0 Å². The molecule has 0 saturated carbocycles. The molecule has 126 valence electrons. The van der Waals surface area contributed by atoms with Crippen molar-refractivity contribution in [1.82, 2.24) is 19.9 Å². The van der Waals surface area contributed by atoms with Gasteiger partial charge in [-0.15, -0.1) is 0 Å². The Morgan fingerprint density at radius 3 is 2.88 bits per heavy atom. The highest BCUT2D eigenvalue weighted by atomic mass is 19.1. The molecule has 24 heavy (non-hydrogen) atoms. The summed E-state index contributed by atoms with van der Waals surface area (Å²) in [5.74, 6) is 1.03. The zero-order valence-electron chi connectivity index (χ0n) is 13.9. The number of nitrogens with one attached hydrogen (secondary N) is 1. The van der Waals surface area contributed by atoms with Crippen molar-refractivity contribution in [3.8, 4) is 0 Å². The summed E-state index contributed by atoms with van der Waals surface area (Å²) in [6.45, 7) is 4.15. The maximum Gasteiger partial charge on any atom is 0.291 e. The number of benzene rings is 1. The summed E-state index contributed by atoms with van der Waals surface area (Å²) >= 11 is 0. The second-order valence-corrected chi connectivity index (χ2v) is 5.70. The summed E-state index contributed by atoms with van der Waals surface area (Å²) in [7, 11) is 1.71. The number of aromatic amines is 1. The monoisotopic (exact) mass is 330 g/mol. The van der Waals surface area contributed by atoms with Gasteiger partial charge in [-0.2, -0.15) is 0 Å². The first-order chi connectivity index (χ1) is 11.5. The molecule has 0 bridgehead atoms. The lowest BCUT2D eigenvalue weighted by atomic mass is 10.3. The van der Waals surface area contributed by atoms with Gasteiger partial charge in [-0.25, -0.2) is 14.4 Å². The lowest BCUT2D eigenvalue weighted by Gasteiger charge is -2.14. The van der Waals surface area contributed by atoms with Crippen LogP contribution in [0.2, 0.25) is 0 Å². The molecule has 7 heteroatoms. The van der Waals surface area contributed by atoms with Crippen molar-refractivity contribution in [2.45, 2.75) is 26.7 Å². The molecule has 0 unspecified atom stereocenters. The zero-order valence-corrected chi connectivity index (χ0v) is 13.9. The summed E-state index contributed by atoms with van der Waals surface area (Å²) in [6.07, 6.45) is 1.18. The number of likely N-dealkylation sites (N-methyl/N-ethyl adjacent to an activating group) is 1. The molecular formula is C17H19FN4O2. The second kappa shape index (κ2) is 6.43. The molecule has 0 aliphatic rings. The van der Waals surface area contributed by atoms with Crippen LogP contribution in [0.3, 0.4) is 0 Å². The lowest BCUT2D eigenvalue weighted by molar-refractivity contribution is 0.0762. The third-order valence-electron chi connectivity index (χ3n) is 3.86. The van der Waals surface area contributed by atoms with Gasteiger partial charge in [-0.1, -0.05) is 6.92 Å². The Kier molecular flexibility index (Phi) is 4.33. The average Bonchev–Trinajstić information content (AvgIpc) is 3.14.